The lowest BCUT2D eigenvalue weighted by Crippen LogP contribution is -2.16. The molecule has 2 aromatic carbocycles. The Hall–Kier alpha value is -1.43. The zero-order valence-corrected chi connectivity index (χ0v) is 18.2. The fourth-order valence-corrected chi connectivity index (χ4v) is 3.50. The van der Waals surface area contributed by atoms with Crippen LogP contribution in [0.25, 0.3) is 0 Å². The molecule has 5 nitrogen and oxygen atoms in total. The molecule has 160 valence electrons. The van der Waals surface area contributed by atoms with Crippen molar-refractivity contribution in [3.63, 3.8) is 0 Å². The van der Waals surface area contributed by atoms with Crippen LogP contribution in [0.4, 0.5) is 10.1 Å². The van der Waals surface area contributed by atoms with Crippen molar-refractivity contribution in [2.24, 2.45) is 0 Å². The van der Waals surface area contributed by atoms with Gasteiger partial charge >= 0.3 is 8.25 Å². The minimum Gasteiger partial charge on any atom is -0.384 e. The normalized spacial score (nSPS) is 12.1. The van der Waals surface area contributed by atoms with Crippen LogP contribution in [0.2, 0.25) is 5.02 Å². The molecule has 8 heteroatoms. The van der Waals surface area contributed by atoms with Gasteiger partial charge in [0, 0.05) is 13.1 Å². The fourth-order valence-electron chi connectivity index (χ4n) is 2.91. The van der Waals surface area contributed by atoms with E-state index in [1.807, 2.05) is 30.3 Å². The fraction of sp³-hybridized carbons (Fsp3) is 0.429. The number of aryl methyl sites for hydroxylation is 1. The van der Waals surface area contributed by atoms with Gasteiger partial charge in [0.2, 0.25) is 0 Å². The first-order chi connectivity index (χ1) is 14.0. The average Bonchev–Trinajstić information content (AvgIpc) is 2.69. The van der Waals surface area contributed by atoms with E-state index in [2.05, 4.69) is 15.2 Å². The minimum atomic E-state index is -2.83. The van der Waals surface area contributed by atoms with Crippen molar-refractivity contribution >= 4 is 25.5 Å². The first-order valence-corrected chi connectivity index (χ1v) is 11.5. The number of rotatable bonds is 14. The maximum atomic E-state index is 12.9. The number of benzene rings is 2. The summed E-state index contributed by atoms with van der Waals surface area (Å²) in [5.74, 6) is -0.191. The van der Waals surface area contributed by atoms with Gasteiger partial charge in [-0.25, -0.2) is 4.39 Å². The number of unbranched alkanes of at least 4 members (excludes halogenated alkanes) is 2. The van der Waals surface area contributed by atoms with Crippen LogP contribution >= 0.6 is 19.9 Å². The monoisotopic (exact) mass is 442 g/mol. The predicted octanol–water partition coefficient (Wildman–Crippen LogP) is 5.18. The Morgan fingerprint density at radius 1 is 1.00 bits per heavy atom. The van der Waals surface area contributed by atoms with Gasteiger partial charge in [-0.3, -0.25) is 4.57 Å². The summed E-state index contributed by atoms with van der Waals surface area (Å²) in [5.41, 5.74) is 3.18. The number of hydrogen-bond donors (Lipinski definition) is 3. The van der Waals surface area contributed by atoms with E-state index in [9.17, 15) is 8.96 Å². The Bertz CT molecular complexity index is 762. The quantitative estimate of drug-likeness (QED) is 0.278. The molecule has 0 aromatic heterocycles. The molecule has 3 N–H and O–H groups in total. The molecular formula is C21H29ClFN2O3P. The lowest BCUT2D eigenvalue weighted by atomic mass is 10.1. The third-order valence-corrected chi connectivity index (χ3v) is 5.22. The first kappa shape index (κ1) is 23.8. The summed E-state index contributed by atoms with van der Waals surface area (Å²) < 4.78 is 27.9. The van der Waals surface area contributed by atoms with Crippen LogP contribution in [0.3, 0.4) is 0 Å². The van der Waals surface area contributed by atoms with Gasteiger partial charge in [-0.1, -0.05) is 36.2 Å². The molecule has 0 aliphatic heterocycles. The molecule has 0 fully saturated rings. The molecule has 0 heterocycles. The highest BCUT2D eigenvalue weighted by molar-refractivity contribution is 7.32. The van der Waals surface area contributed by atoms with E-state index < -0.39 is 8.25 Å². The Morgan fingerprint density at radius 3 is 2.48 bits per heavy atom. The summed E-state index contributed by atoms with van der Waals surface area (Å²) >= 11 is 6.36. The maximum Gasteiger partial charge on any atom is 0.316 e. The van der Waals surface area contributed by atoms with Gasteiger partial charge in [-0.2, -0.15) is 0 Å². The summed E-state index contributed by atoms with van der Waals surface area (Å²) in [6, 6.07) is 12.7. The molecule has 0 amide bonds. The third kappa shape index (κ3) is 10.2. The minimum absolute atomic E-state index is 0.191. The standard InChI is InChI=1S/C21H29ClFN2O3P/c22-20-15-18(16-24-12-4-14-28-29(26)27)8-11-21(20)25-13-3-1-2-5-17-6-9-19(23)10-7-17/h6-11,15,24-25,29H,1-5,12-14,16H2,(H,26,27). The van der Waals surface area contributed by atoms with E-state index in [-0.39, 0.29) is 12.4 Å². The van der Waals surface area contributed by atoms with Crippen LogP contribution < -0.4 is 10.6 Å². The lowest BCUT2D eigenvalue weighted by Gasteiger charge is -2.11. The summed E-state index contributed by atoms with van der Waals surface area (Å²) in [5, 5.41) is 7.32. The number of halogens is 2. The second kappa shape index (κ2) is 13.7. The van der Waals surface area contributed by atoms with E-state index in [1.54, 1.807) is 0 Å². The molecule has 1 unspecified atom stereocenters. The van der Waals surface area contributed by atoms with Crippen molar-refractivity contribution in [3.05, 3.63) is 64.4 Å². The number of hydrogen-bond acceptors (Lipinski definition) is 4. The van der Waals surface area contributed by atoms with Gasteiger partial charge in [-0.15, -0.1) is 0 Å². The van der Waals surface area contributed by atoms with Gasteiger partial charge in [0.15, 0.2) is 0 Å². The molecule has 1 atom stereocenters. The van der Waals surface area contributed by atoms with E-state index in [0.29, 0.717) is 24.5 Å². The van der Waals surface area contributed by atoms with Gasteiger partial charge in [-0.05, 0) is 67.6 Å². The third-order valence-electron chi connectivity index (χ3n) is 4.46. The van der Waals surface area contributed by atoms with Crippen LogP contribution in [-0.2, 0) is 22.1 Å². The molecule has 0 aliphatic rings. The smallest absolute Gasteiger partial charge is 0.316 e. The lowest BCUT2D eigenvalue weighted by molar-refractivity contribution is 0.276. The summed E-state index contributed by atoms with van der Waals surface area (Å²) in [6.45, 7) is 2.51. The van der Waals surface area contributed by atoms with E-state index in [1.165, 1.54) is 17.7 Å². The van der Waals surface area contributed by atoms with E-state index >= 15 is 0 Å². The molecule has 0 saturated carbocycles. The maximum absolute atomic E-state index is 12.9. The van der Waals surface area contributed by atoms with Crippen molar-refractivity contribution in [1.82, 2.24) is 5.32 Å². The Kier molecular flexibility index (Phi) is 11.3. The molecule has 0 spiro atoms. The highest BCUT2D eigenvalue weighted by Crippen LogP contribution is 2.23. The number of anilines is 1. The van der Waals surface area contributed by atoms with Crippen molar-refractivity contribution in [3.8, 4) is 0 Å². The van der Waals surface area contributed by atoms with Gasteiger partial charge in [0.25, 0.3) is 0 Å². The molecule has 0 saturated heterocycles. The average molecular weight is 443 g/mol. The number of nitrogens with one attached hydrogen (secondary N) is 2. The summed E-state index contributed by atoms with van der Waals surface area (Å²) in [7, 11) is -2.83. The Labute approximate surface area is 177 Å². The Balaban J connectivity index is 1.58. The van der Waals surface area contributed by atoms with Gasteiger partial charge in [0.05, 0.1) is 17.3 Å². The van der Waals surface area contributed by atoms with Crippen molar-refractivity contribution in [1.29, 1.82) is 0 Å². The van der Waals surface area contributed by atoms with Crippen LogP contribution in [-0.4, -0.2) is 24.6 Å². The zero-order valence-electron chi connectivity index (χ0n) is 16.4. The summed E-state index contributed by atoms with van der Waals surface area (Å²) in [6.07, 6.45) is 4.85. The highest BCUT2D eigenvalue weighted by atomic mass is 35.5. The molecule has 0 radical (unpaired) electrons. The molecule has 0 bridgehead atoms. The summed E-state index contributed by atoms with van der Waals surface area (Å²) in [4.78, 5) is 8.57. The van der Waals surface area contributed by atoms with E-state index in [0.717, 1.165) is 43.5 Å². The van der Waals surface area contributed by atoms with Crippen LogP contribution in [0, 0.1) is 5.82 Å². The predicted molar refractivity (Wildman–Crippen MR) is 117 cm³/mol. The molecule has 0 aliphatic carbocycles. The SMILES string of the molecule is O=[PH](O)OCCCNCc1ccc(NCCCCCc2ccc(F)cc2)c(Cl)c1. The molecule has 2 aromatic rings. The topological polar surface area (TPSA) is 70.6 Å². The molecular weight excluding hydrogens is 414 g/mol. The van der Waals surface area contributed by atoms with E-state index in [4.69, 9.17) is 16.5 Å². The van der Waals surface area contributed by atoms with Crippen LogP contribution in [0.1, 0.15) is 36.8 Å². The van der Waals surface area contributed by atoms with Crippen LogP contribution in [0.15, 0.2) is 42.5 Å². The van der Waals surface area contributed by atoms with Gasteiger partial charge in [0.1, 0.15) is 5.82 Å². The highest BCUT2D eigenvalue weighted by Gasteiger charge is 2.02. The van der Waals surface area contributed by atoms with Crippen molar-refractivity contribution in [2.45, 2.75) is 38.6 Å². The van der Waals surface area contributed by atoms with Crippen LogP contribution in [0.5, 0.6) is 0 Å². The second-order valence-corrected chi connectivity index (χ2v) is 8.05. The van der Waals surface area contributed by atoms with Crippen molar-refractivity contribution in [2.75, 3.05) is 25.0 Å². The molecule has 2 rings (SSSR count). The zero-order chi connectivity index (χ0) is 20.9. The van der Waals surface area contributed by atoms with Gasteiger partial charge < -0.3 is 20.1 Å². The first-order valence-electron chi connectivity index (χ1n) is 9.88. The van der Waals surface area contributed by atoms with Crippen molar-refractivity contribution < 1.29 is 18.4 Å². The molecule has 29 heavy (non-hydrogen) atoms. The largest absolute Gasteiger partial charge is 0.384 e. The Morgan fingerprint density at radius 2 is 1.76 bits per heavy atom. The second-order valence-electron chi connectivity index (χ2n) is 6.82.